The van der Waals surface area contributed by atoms with Crippen LogP contribution in [0.2, 0.25) is 0 Å². The molecule has 22 heavy (non-hydrogen) atoms. The fraction of sp³-hybridized carbons (Fsp3) is 0.0556. The fourth-order valence-corrected chi connectivity index (χ4v) is 4.95. The molecule has 1 heterocycles. The summed E-state index contributed by atoms with van der Waals surface area (Å²) in [7, 11) is -3.69. The molecule has 0 saturated heterocycles. The first-order chi connectivity index (χ1) is 10.6. The standard InChI is InChI=1S/C18H12O3S/c19-17-15-10-13-8-4-5-9-14(13)11-16(15)22(20,21)18(17)12-6-2-1-3-7-12/h1-11,18H/t18-/m0/s1. The zero-order chi connectivity index (χ0) is 15.3. The Morgan fingerprint density at radius 3 is 2.05 bits per heavy atom. The van der Waals surface area contributed by atoms with Gasteiger partial charge in [0.15, 0.2) is 20.9 Å². The van der Waals surface area contributed by atoms with Crippen LogP contribution in [0.1, 0.15) is 21.2 Å². The molecule has 0 amide bonds. The van der Waals surface area contributed by atoms with Crippen LogP contribution in [0.5, 0.6) is 0 Å². The number of carbonyl (C=O) groups is 1. The van der Waals surface area contributed by atoms with E-state index < -0.39 is 15.1 Å². The number of benzene rings is 3. The summed E-state index contributed by atoms with van der Waals surface area (Å²) < 4.78 is 25.6. The molecule has 0 aromatic heterocycles. The van der Waals surface area contributed by atoms with E-state index in [0.717, 1.165) is 10.8 Å². The second kappa shape index (κ2) is 4.52. The smallest absolute Gasteiger partial charge is 0.193 e. The molecule has 108 valence electrons. The van der Waals surface area contributed by atoms with Gasteiger partial charge in [0.2, 0.25) is 0 Å². The van der Waals surface area contributed by atoms with Crippen LogP contribution in [0.4, 0.5) is 0 Å². The number of sulfone groups is 1. The van der Waals surface area contributed by atoms with E-state index in [1.165, 1.54) is 0 Å². The van der Waals surface area contributed by atoms with Crippen molar-refractivity contribution in [3.8, 4) is 0 Å². The number of carbonyl (C=O) groups excluding carboxylic acids is 1. The summed E-state index contributed by atoms with van der Waals surface area (Å²) in [5.41, 5.74) is 0.820. The van der Waals surface area contributed by atoms with Crippen molar-refractivity contribution < 1.29 is 13.2 Å². The second-order valence-electron chi connectivity index (χ2n) is 5.40. The molecule has 0 saturated carbocycles. The van der Waals surface area contributed by atoms with Crippen LogP contribution in [0.3, 0.4) is 0 Å². The molecule has 1 atom stereocenters. The lowest BCUT2D eigenvalue weighted by atomic mass is 10.00. The van der Waals surface area contributed by atoms with Crippen LogP contribution < -0.4 is 0 Å². The van der Waals surface area contributed by atoms with Gasteiger partial charge in [0.1, 0.15) is 0 Å². The van der Waals surface area contributed by atoms with E-state index in [1.807, 2.05) is 24.3 Å². The summed E-state index contributed by atoms with van der Waals surface area (Å²) in [5, 5.41) is 0.574. The van der Waals surface area contributed by atoms with Gasteiger partial charge in [0.25, 0.3) is 0 Å². The Balaban J connectivity index is 2.01. The van der Waals surface area contributed by atoms with E-state index in [1.54, 1.807) is 42.5 Å². The SMILES string of the molecule is O=C1c2cc3ccccc3cc2S(=O)(=O)[C@H]1c1ccccc1. The van der Waals surface area contributed by atoms with Crippen LogP contribution >= 0.6 is 0 Å². The maximum Gasteiger partial charge on any atom is 0.193 e. The minimum Gasteiger partial charge on any atom is -0.292 e. The molecule has 3 nitrogen and oxygen atoms in total. The van der Waals surface area contributed by atoms with Crippen molar-refractivity contribution in [1.82, 2.24) is 0 Å². The summed E-state index contributed by atoms with van der Waals surface area (Å²) in [6.07, 6.45) is 0. The van der Waals surface area contributed by atoms with Crippen molar-refractivity contribution in [3.63, 3.8) is 0 Å². The van der Waals surface area contributed by atoms with Crippen LogP contribution in [-0.4, -0.2) is 14.2 Å². The molecule has 1 aliphatic rings. The highest BCUT2D eigenvalue weighted by Gasteiger charge is 2.45. The average molecular weight is 308 g/mol. The summed E-state index contributed by atoms with van der Waals surface area (Å²) >= 11 is 0. The van der Waals surface area contributed by atoms with E-state index in [9.17, 15) is 13.2 Å². The van der Waals surface area contributed by atoms with Crippen molar-refractivity contribution in [2.24, 2.45) is 0 Å². The van der Waals surface area contributed by atoms with Crippen molar-refractivity contribution in [1.29, 1.82) is 0 Å². The van der Waals surface area contributed by atoms with Gasteiger partial charge in [-0.3, -0.25) is 4.79 Å². The molecule has 0 radical (unpaired) electrons. The highest BCUT2D eigenvalue weighted by atomic mass is 32.2. The zero-order valence-electron chi connectivity index (χ0n) is 11.6. The molecule has 4 heteroatoms. The van der Waals surface area contributed by atoms with E-state index in [0.29, 0.717) is 11.1 Å². The van der Waals surface area contributed by atoms with Crippen molar-refractivity contribution in [2.75, 3.05) is 0 Å². The average Bonchev–Trinajstić information content (AvgIpc) is 2.73. The quantitative estimate of drug-likeness (QED) is 0.691. The molecule has 0 aliphatic carbocycles. The molecule has 4 rings (SSSR count). The highest BCUT2D eigenvalue weighted by Crippen LogP contribution is 2.42. The molecule has 3 aromatic carbocycles. The minimum absolute atomic E-state index is 0.144. The monoisotopic (exact) mass is 308 g/mol. The maximum absolute atomic E-state index is 12.8. The first kappa shape index (κ1) is 13.2. The van der Waals surface area contributed by atoms with Crippen molar-refractivity contribution in [2.45, 2.75) is 10.1 Å². The van der Waals surface area contributed by atoms with E-state index >= 15 is 0 Å². The zero-order valence-corrected chi connectivity index (χ0v) is 12.4. The van der Waals surface area contributed by atoms with E-state index in [4.69, 9.17) is 0 Å². The van der Waals surface area contributed by atoms with Gasteiger partial charge in [-0.25, -0.2) is 8.42 Å². The molecule has 3 aromatic rings. The van der Waals surface area contributed by atoms with Gasteiger partial charge in [-0.15, -0.1) is 0 Å². The van der Waals surface area contributed by atoms with Crippen LogP contribution in [0.15, 0.2) is 71.6 Å². The largest absolute Gasteiger partial charge is 0.292 e. The number of fused-ring (bicyclic) bond motifs is 2. The highest BCUT2D eigenvalue weighted by molar-refractivity contribution is 7.93. The topological polar surface area (TPSA) is 51.2 Å². The van der Waals surface area contributed by atoms with Gasteiger partial charge in [-0.2, -0.15) is 0 Å². The van der Waals surface area contributed by atoms with Crippen molar-refractivity contribution >= 4 is 26.4 Å². The van der Waals surface area contributed by atoms with Gasteiger partial charge >= 0.3 is 0 Å². The van der Waals surface area contributed by atoms with Crippen molar-refractivity contribution in [3.05, 3.63) is 77.9 Å². The first-order valence-electron chi connectivity index (χ1n) is 6.95. The number of ketones is 1. The van der Waals surface area contributed by atoms with Gasteiger partial charge in [-0.1, -0.05) is 54.6 Å². The van der Waals surface area contributed by atoms with Crippen LogP contribution in [0.25, 0.3) is 10.8 Å². The van der Waals surface area contributed by atoms with Gasteiger partial charge in [-0.05, 0) is 28.5 Å². The summed E-state index contributed by atoms with van der Waals surface area (Å²) in [6, 6.07) is 19.4. The van der Waals surface area contributed by atoms with Gasteiger partial charge in [0, 0.05) is 5.56 Å². The molecule has 0 spiro atoms. The molecule has 0 bridgehead atoms. The Morgan fingerprint density at radius 2 is 1.36 bits per heavy atom. The molecule has 0 unspecified atom stereocenters. The third-order valence-electron chi connectivity index (χ3n) is 4.07. The molecule has 0 N–H and O–H groups in total. The number of Topliss-reactive ketones (excluding diaryl/α,β-unsaturated/α-hetero) is 1. The molecule has 0 fully saturated rings. The Bertz CT molecular complexity index is 1000. The summed E-state index contributed by atoms with van der Waals surface area (Å²) in [5.74, 6) is -0.341. The Hall–Kier alpha value is -2.46. The predicted octanol–water partition coefficient (Wildman–Crippen LogP) is 3.55. The first-order valence-corrected chi connectivity index (χ1v) is 8.49. The number of hydrogen-bond acceptors (Lipinski definition) is 3. The lowest BCUT2D eigenvalue weighted by Crippen LogP contribution is -2.13. The molecular weight excluding hydrogens is 296 g/mol. The third-order valence-corrected chi connectivity index (χ3v) is 6.13. The van der Waals surface area contributed by atoms with E-state index in [-0.39, 0.29) is 10.7 Å². The van der Waals surface area contributed by atoms with Gasteiger partial charge in [0.05, 0.1) is 4.90 Å². The maximum atomic E-state index is 12.8. The predicted molar refractivity (Wildman–Crippen MR) is 84.6 cm³/mol. The van der Waals surface area contributed by atoms with Crippen LogP contribution in [0, 0.1) is 0 Å². The summed E-state index contributed by atoms with van der Waals surface area (Å²) in [4.78, 5) is 12.8. The molecular formula is C18H12O3S. The lowest BCUT2D eigenvalue weighted by molar-refractivity contribution is 0.0990. The van der Waals surface area contributed by atoms with Gasteiger partial charge < -0.3 is 0 Å². The second-order valence-corrected chi connectivity index (χ2v) is 7.40. The minimum atomic E-state index is -3.69. The third kappa shape index (κ3) is 1.74. The van der Waals surface area contributed by atoms with E-state index in [2.05, 4.69) is 0 Å². The Morgan fingerprint density at radius 1 is 0.773 bits per heavy atom. The summed E-state index contributed by atoms with van der Waals surface area (Å²) in [6.45, 7) is 0. The number of hydrogen-bond donors (Lipinski definition) is 0. The fourth-order valence-electron chi connectivity index (χ4n) is 3.01. The Kier molecular flexibility index (Phi) is 2.71. The normalized spacial score (nSPS) is 19.3. The molecule has 1 aliphatic heterocycles. The van der Waals surface area contributed by atoms with Crippen LogP contribution in [-0.2, 0) is 9.84 Å². The lowest BCUT2D eigenvalue weighted by Gasteiger charge is -2.08. The number of rotatable bonds is 1. The Labute approximate surface area is 128 Å².